The molecule has 15 heavy (non-hydrogen) atoms. The highest BCUT2D eigenvalue weighted by Gasteiger charge is 2.47. The van der Waals surface area contributed by atoms with Crippen molar-refractivity contribution < 1.29 is 9.90 Å². The third-order valence-electron chi connectivity index (χ3n) is 3.23. The molecule has 5 heteroatoms. The van der Waals surface area contributed by atoms with Gasteiger partial charge in [0, 0.05) is 19.3 Å². The topological polar surface area (TPSA) is 58.4 Å². The van der Waals surface area contributed by atoms with Gasteiger partial charge in [-0.2, -0.15) is 0 Å². The molecular weight excluding hydrogens is 194 g/mol. The molecule has 1 aromatic rings. The van der Waals surface area contributed by atoms with E-state index >= 15 is 0 Å². The van der Waals surface area contributed by atoms with Gasteiger partial charge in [0.05, 0.1) is 6.54 Å². The summed E-state index contributed by atoms with van der Waals surface area (Å²) < 4.78 is 1.99. The second kappa shape index (κ2) is 2.90. The second-order valence-corrected chi connectivity index (χ2v) is 4.30. The Labute approximate surface area is 87.3 Å². The summed E-state index contributed by atoms with van der Waals surface area (Å²) in [7, 11) is 0. The normalized spacial score (nSPS) is 23.5. The van der Waals surface area contributed by atoms with E-state index < -0.39 is 5.72 Å². The number of imidazole rings is 1. The highest BCUT2D eigenvalue weighted by atomic mass is 16.3. The summed E-state index contributed by atoms with van der Waals surface area (Å²) in [5, 5.41) is 9.96. The van der Waals surface area contributed by atoms with E-state index in [0.29, 0.717) is 12.2 Å². The van der Waals surface area contributed by atoms with Crippen molar-refractivity contribution >= 4 is 6.29 Å². The molecule has 1 aliphatic carbocycles. The van der Waals surface area contributed by atoms with Crippen molar-refractivity contribution in [3.63, 3.8) is 0 Å². The van der Waals surface area contributed by atoms with Gasteiger partial charge >= 0.3 is 0 Å². The van der Waals surface area contributed by atoms with Gasteiger partial charge in [-0.1, -0.05) is 0 Å². The van der Waals surface area contributed by atoms with Gasteiger partial charge in [-0.15, -0.1) is 0 Å². The van der Waals surface area contributed by atoms with E-state index in [2.05, 4.69) is 4.98 Å². The average Bonchev–Trinajstić information content (AvgIpc) is 2.86. The molecule has 0 unspecified atom stereocenters. The highest BCUT2D eigenvalue weighted by Crippen LogP contribution is 2.40. The minimum atomic E-state index is -0.585. The van der Waals surface area contributed by atoms with Crippen molar-refractivity contribution in [3.05, 3.63) is 17.7 Å². The number of carbonyl (C=O) groups excluding carboxylic acids is 1. The Morgan fingerprint density at radius 1 is 1.47 bits per heavy atom. The SMILES string of the molecule is O=Cc1cn2c(n1)CN(C1(O)CC1)CC2. The summed E-state index contributed by atoms with van der Waals surface area (Å²) in [6.45, 7) is 2.28. The fraction of sp³-hybridized carbons (Fsp3) is 0.600. The van der Waals surface area contributed by atoms with E-state index in [1.165, 1.54) is 0 Å². The Hall–Kier alpha value is -1.20. The fourth-order valence-electron chi connectivity index (χ4n) is 2.11. The van der Waals surface area contributed by atoms with Crippen molar-refractivity contribution in [3.8, 4) is 0 Å². The summed E-state index contributed by atoms with van der Waals surface area (Å²) in [4.78, 5) is 16.8. The molecule has 1 N–H and O–H groups in total. The largest absolute Gasteiger partial charge is 0.376 e. The number of aromatic nitrogens is 2. The van der Waals surface area contributed by atoms with E-state index in [1.807, 2.05) is 9.47 Å². The summed E-state index contributed by atoms with van der Waals surface area (Å²) in [5.74, 6) is 0.878. The Morgan fingerprint density at radius 3 is 2.93 bits per heavy atom. The predicted molar refractivity (Wildman–Crippen MR) is 52.2 cm³/mol. The monoisotopic (exact) mass is 207 g/mol. The minimum Gasteiger partial charge on any atom is -0.376 e. The van der Waals surface area contributed by atoms with Crippen molar-refractivity contribution in [2.45, 2.75) is 31.7 Å². The van der Waals surface area contributed by atoms with E-state index in [0.717, 1.165) is 38.0 Å². The van der Waals surface area contributed by atoms with E-state index in [9.17, 15) is 9.90 Å². The molecule has 1 saturated carbocycles. The van der Waals surface area contributed by atoms with Gasteiger partial charge < -0.3 is 9.67 Å². The number of hydrogen-bond acceptors (Lipinski definition) is 4. The molecule has 2 heterocycles. The summed E-state index contributed by atoms with van der Waals surface area (Å²) in [6, 6.07) is 0. The van der Waals surface area contributed by atoms with Crippen LogP contribution in [0.2, 0.25) is 0 Å². The van der Waals surface area contributed by atoms with Crippen LogP contribution in [0.1, 0.15) is 29.2 Å². The Morgan fingerprint density at radius 2 is 2.27 bits per heavy atom. The lowest BCUT2D eigenvalue weighted by Gasteiger charge is -2.31. The van der Waals surface area contributed by atoms with Crippen LogP contribution in [0.5, 0.6) is 0 Å². The van der Waals surface area contributed by atoms with Crippen LogP contribution in [0.25, 0.3) is 0 Å². The maximum Gasteiger partial charge on any atom is 0.170 e. The molecule has 1 aliphatic heterocycles. The molecular formula is C10H13N3O2. The number of hydrogen-bond donors (Lipinski definition) is 1. The molecule has 5 nitrogen and oxygen atoms in total. The van der Waals surface area contributed by atoms with Crippen LogP contribution in [0, 0.1) is 0 Å². The maximum atomic E-state index is 10.6. The minimum absolute atomic E-state index is 0.481. The lowest BCUT2D eigenvalue weighted by Crippen LogP contribution is -2.42. The smallest absolute Gasteiger partial charge is 0.170 e. The van der Waals surface area contributed by atoms with Crippen LogP contribution < -0.4 is 0 Å². The van der Waals surface area contributed by atoms with Crippen LogP contribution >= 0.6 is 0 Å². The first-order chi connectivity index (χ1) is 7.21. The van der Waals surface area contributed by atoms with Crippen molar-refractivity contribution in [2.75, 3.05) is 6.54 Å². The Kier molecular flexibility index (Phi) is 1.75. The quantitative estimate of drug-likeness (QED) is 0.693. The van der Waals surface area contributed by atoms with Crippen LogP contribution in [-0.4, -0.2) is 38.1 Å². The van der Waals surface area contributed by atoms with Gasteiger partial charge in [0.1, 0.15) is 17.2 Å². The molecule has 2 aliphatic rings. The maximum absolute atomic E-state index is 10.6. The lowest BCUT2D eigenvalue weighted by molar-refractivity contribution is -0.0386. The molecule has 0 aromatic carbocycles. The summed E-state index contributed by atoms with van der Waals surface area (Å²) in [5.41, 5.74) is -0.104. The number of rotatable bonds is 2. The zero-order chi connectivity index (χ0) is 10.5. The zero-order valence-corrected chi connectivity index (χ0v) is 8.39. The van der Waals surface area contributed by atoms with Gasteiger partial charge in [-0.3, -0.25) is 9.69 Å². The lowest BCUT2D eigenvalue weighted by atomic mass is 10.3. The molecule has 0 radical (unpaired) electrons. The van der Waals surface area contributed by atoms with E-state index in [-0.39, 0.29) is 0 Å². The third kappa shape index (κ3) is 1.39. The molecule has 1 aromatic heterocycles. The van der Waals surface area contributed by atoms with Gasteiger partial charge in [-0.25, -0.2) is 4.98 Å². The molecule has 3 rings (SSSR count). The first-order valence-corrected chi connectivity index (χ1v) is 5.20. The molecule has 0 saturated heterocycles. The molecule has 0 spiro atoms. The number of fused-ring (bicyclic) bond motifs is 1. The van der Waals surface area contributed by atoms with Gasteiger partial charge in [-0.05, 0) is 12.8 Å². The van der Waals surface area contributed by atoms with Crippen molar-refractivity contribution in [1.82, 2.24) is 14.5 Å². The first kappa shape index (κ1) is 9.06. The van der Waals surface area contributed by atoms with Crippen LogP contribution in [-0.2, 0) is 13.1 Å². The first-order valence-electron chi connectivity index (χ1n) is 5.20. The second-order valence-electron chi connectivity index (χ2n) is 4.30. The highest BCUT2D eigenvalue weighted by molar-refractivity contribution is 5.71. The van der Waals surface area contributed by atoms with Gasteiger partial charge in [0.25, 0.3) is 0 Å². The summed E-state index contributed by atoms with van der Waals surface area (Å²) >= 11 is 0. The summed E-state index contributed by atoms with van der Waals surface area (Å²) in [6.07, 6.45) is 4.25. The number of aldehydes is 1. The van der Waals surface area contributed by atoms with Crippen molar-refractivity contribution in [2.24, 2.45) is 0 Å². The molecule has 1 fully saturated rings. The van der Waals surface area contributed by atoms with Gasteiger partial charge in [0.15, 0.2) is 6.29 Å². The standard InChI is InChI=1S/C10H13N3O2/c14-7-8-5-12-3-4-13(6-9(12)11-8)10(15)1-2-10/h5,7,15H,1-4,6H2. The van der Waals surface area contributed by atoms with E-state index in [4.69, 9.17) is 0 Å². The third-order valence-corrected chi connectivity index (χ3v) is 3.23. The van der Waals surface area contributed by atoms with Crippen molar-refractivity contribution in [1.29, 1.82) is 0 Å². The Balaban J connectivity index is 1.86. The number of nitrogens with zero attached hydrogens (tertiary/aromatic N) is 3. The number of carbonyl (C=O) groups is 1. The van der Waals surface area contributed by atoms with E-state index in [1.54, 1.807) is 6.20 Å². The number of aliphatic hydroxyl groups is 1. The predicted octanol–water partition coefficient (Wildman–Crippen LogP) is -0.00640. The van der Waals surface area contributed by atoms with Crippen LogP contribution in [0.15, 0.2) is 6.20 Å². The average molecular weight is 207 g/mol. The van der Waals surface area contributed by atoms with Gasteiger partial charge in [0.2, 0.25) is 0 Å². The fourth-order valence-corrected chi connectivity index (χ4v) is 2.11. The Bertz CT molecular complexity index is 409. The molecule has 80 valence electrons. The van der Waals surface area contributed by atoms with Crippen LogP contribution in [0.4, 0.5) is 0 Å². The molecule has 0 bridgehead atoms. The zero-order valence-electron chi connectivity index (χ0n) is 8.39. The molecule has 0 amide bonds. The van der Waals surface area contributed by atoms with Crippen LogP contribution in [0.3, 0.4) is 0 Å². The molecule has 0 atom stereocenters.